The van der Waals surface area contributed by atoms with Gasteiger partial charge in [0, 0.05) is 11.7 Å². The number of hydrogen-bond donors (Lipinski definition) is 1. The third-order valence-corrected chi connectivity index (χ3v) is 4.74. The molecule has 0 radical (unpaired) electrons. The summed E-state index contributed by atoms with van der Waals surface area (Å²) in [6.45, 7) is 1.70. The first-order chi connectivity index (χ1) is 11.8. The molecule has 0 aromatic heterocycles. The van der Waals surface area contributed by atoms with E-state index >= 15 is 0 Å². The predicted molar refractivity (Wildman–Crippen MR) is 89.5 cm³/mol. The molecule has 2 aliphatic rings. The molecule has 4 nitrogen and oxygen atoms in total. The number of benzene rings is 1. The second-order valence-electron chi connectivity index (χ2n) is 6.06. The minimum Gasteiger partial charge on any atom is -0.466 e. The van der Waals surface area contributed by atoms with Gasteiger partial charge in [-0.1, -0.05) is 18.2 Å². The van der Waals surface area contributed by atoms with E-state index < -0.39 is 23.8 Å². The van der Waals surface area contributed by atoms with Crippen molar-refractivity contribution in [1.82, 2.24) is 10.2 Å². The summed E-state index contributed by atoms with van der Waals surface area (Å²) in [5.74, 6) is -0.667. The second-order valence-corrected chi connectivity index (χ2v) is 6.45. The predicted octanol–water partition coefficient (Wildman–Crippen LogP) is 3.55. The third-order valence-electron chi connectivity index (χ3n) is 4.42. The lowest BCUT2D eigenvalue weighted by molar-refractivity contribution is -0.140. The van der Waals surface area contributed by atoms with Crippen LogP contribution in [0.1, 0.15) is 36.9 Å². The van der Waals surface area contributed by atoms with Crippen molar-refractivity contribution in [1.29, 1.82) is 0 Å². The summed E-state index contributed by atoms with van der Waals surface area (Å²) in [7, 11) is 1.21. The summed E-state index contributed by atoms with van der Waals surface area (Å²) >= 11 is 5.36. The smallest absolute Gasteiger partial charge is 0.416 e. The second kappa shape index (κ2) is 6.33. The first kappa shape index (κ1) is 17.7. The molecule has 1 saturated carbocycles. The van der Waals surface area contributed by atoms with E-state index in [4.69, 9.17) is 17.0 Å². The Morgan fingerprint density at radius 2 is 1.96 bits per heavy atom. The molecule has 1 atom stereocenters. The number of hydrogen-bond acceptors (Lipinski definition) is 3. The molecular formula is C17H17F3N2O2S. The van der Waals surface area contributed by atoms with Crippen molar-refractivity contribution < 1.29 is 22.7 Å². The zero-order chi connectivity index (χ0) is 18.4. The summed E-state index contributed by atoms with van der Waals surface area (Å²) in [6, 6.07) is 4.35. The van der Waals surface area contributed by atoms with Gasteiger partial charge in [-0.3, -0.25) is 0 Å². The minimum atomic E-state index is -4.54. The third kappa shape index (κ3) is 3.22. The van der Waals surface area contributed by atoms with Gasteiger partial charge < -0.3 is 15.0 Å². The molecule has 0 unspecified atom stereocenters. The highest BCUT2D eigenvalue weighted by atomic mass is 32.1. The van der Waals surface area contributed by atoms with Crippen LogP contribution in [0.2, 0.25) is 0 Å². The van der Waals surface area contributed by atoms with E-state index in [-0.39, 0.29) is 17.2 Å². The Hall–Kier alpha value is -2.09. The van der Waals surface area contributed by atoms with Crippen LogP contribution in [0.5, 0.6) is 0 Å². The molecule has 1 aliphatic heterocycles. The number of nitrogens with zero attached hydrogens (tertiary/aromatic N) is 1. The Bertz CT molecular complexity index is 757. The maximum atomic E-state index is 13.4. The molecule has 1 heterocycles. The molecule has 25 heavy (non-hydrogen) atoms. The largest absolute Gasteiger partial charge is 0.466 e. The molecule has 3 rings (SSSR count). The summed E-state index contributed by atoms with van der Waals surface area (Å²) in [5, 5.41) is 3.24. The van der Waals surface area contributed by atoms with E-state index in [1.54, 1.807) is 11.8 Å². The van der Waals surface area contributed by atoms with Gasteiger partial charge in [-0.2, -0.15) is 13.2 Å². The molecule has 0 spiro atoms. The molecule has 1 fully saturated rings. The number of thiocarbonyl (C=S) groups is 1. The van der Waals surface area contributed by atoms with Gasteiger partial charge in [-0.15, -0.1) is 0 Å². The van der Waals surface area contributed by atoms with E-state index in [1.165, 1.54) is 25.3 Å². The van der Waals surface area contributed by atoms with Crippen molar-refractivity contribution in [3.63, 3.8) is 0 Å². The SMILES string of the molecule is COC(=O)C1=C(C)N(C2CC2)C(=S)N[C@@H]1c1ccccc1C(F)(F)F. The highest BCUT2D eigenvalue weighted by molar-refractivity contribution is 7.80. The number of alkyl halides is 3. The highest BCUT2D eigenvalue weighted by Crippen LogP contribution is 2.41. The van der Waals surface area contributed by atoms with Gasteiger partial charge in [0.05, 0.1) is 24.3 Å². The lowest BCUT2D eigenvalue weighted by Crippen LogP contribution is -2.49. The molecule has 1 aromatic carbocycles. The number of ether oxygens (including phenoxy) is 1. The topological polar surface area (TPSA) is 41.6 Å². The van der Waals surface area contributed by atoms with Crippen molar-refractivity contribution >= 4 is 23.3 Å². The number of carbonyl (C=O) groups is 1. The first-order valence-corrected chi connectivity index (χ1v) is 8.21. The molecule has 0 amide bonds. The molecule has 1 aliphatic carbocycles. The van der Waals surface area contributed by atoms with Gasteiger partial charge >= 0.3 is 12.1 Å². The summed E-state index contributed by atoms with van der Waals surface area (Å²) in [4.78, 5) is 14.1. The van der Waals surface area contributed by atoms with Crippen LogP contribution in [0, 0.1) is 0 Å². The Kier molecular flexibility index (Phi) is 4.49. The number of nitrogens with one attached hydrogen (secondary N) is 1. The minimum absolute atomic E-state index is 0.0486. The van der Waals surface area contributed by atoms with Gasteiger partial charge in [0.2, 0.25) is 0 Å². The van der Waals surface area contributed by atoms with Crippen LogP contribution in [-0.4, -0.2) is 29.1 Å². The van der Waals surface area contributed by atoms with Crippen LogP contribution in [0.3, 0.4) is 0 Å². The fraction of sp³-hybridized carbons (Fsp3) is 0.412. The zero-order valence-electron chi connectivity index (χ0n) is 13.7. The Labute approximate surface area is 148 Å². The van der Waals surface area contributed by atoms with Crippen LogP contribution in [0.15, 0.2) is 35.5 Å². The lowest BCUT2D eigenvalue weighted by Gasteiger charge is -2.38. The molecule has 0 bridgehead atoms. The fourth-order valence-electron chi connectivity index (χ4n) is 3.14. The molecule has 134 valence electrons. The van der Waals surface area contributed by atoms with Gasteiger partial charge in [0.15, 0.2) is 5.11 Å². The summed E-state index contributed by atoms with van der Waals surface area (Å²) in [5.41, 5.74) is -0.156. The van der Waals surface area contributed by atoms with Crippen molar-refractivity contribution in [2.75, 3.05) is 7.11 Å². The number of rotatable bonds is 3. The molecule has 8 heteroatoms. The molecule has 1 aromatic rings. The molecular weight excluding hydrogens is 353 g/mol. The Morgan fingerprint density at radius 1 is 1.32 bits per heavy atom. The fourth-order valence-corrected chi connectivity index (χ4v) is 3.55. The highest BCUT2D eigenvalue weighted by Gasteiger charge is 2.43. The first-order valence-electron chi connectivity index (χ1n) is 7.80. The van der Waals surface area contributed by atoms with Gasteiger partial charge in [0.1, 0.15) is 0 Å². The van der Waals surface area contributed by atoms with Crippen molar-refractivity contribution in [2.45, 2.75) is 38.0 Å². The van der Waals surface area contributed by atoms with E-state index in [0.717, 1.165) is 18.9 Å². The average Bonchev–Trinajstić information content (AvgIpc) is 3.37. The number of esters is 1. The van der Waals surface area contributed by atoms with E-state index in [1.807, 2.05) is 0 Å². The van der Waals surface area contributed by atoms with Crippen molar-refractivity contribution in [2.24, 2.45) is 0 Å². The lowest BCUT2D eigenvalue weighted by atomic mass is 9.91. The Balaban J connectivity index is 2.15. The van der Waals surface area contributed by atoms with Gasteiger partial charge in [0.25, 0.3) is 0 Å². The van der Waals surface area contributed by atoms with Crippen LogP contribution < -0.4 is 5.32 Å². The van der Waals surface area contributed by atoms with Crippen LogP contribution in [-0.2, 0) is 15.7 Å². The van der Waals surface area contributed by atoms with E-state index in [9.17, 15) is 18.0 Å². The molecule has 1 N–H and O–H groups in total. The monoisotopic (exact) mass is 370 g/mol. The van der Waals surface area contributed by atoms with Crippen molar-refractivity contribution in [3.8, 4) is 0 Å². The summed E-state index contributed by atoms with van der Waals surface area (Å²) < 4.78 is 45.1. The number of carbonyl (C=O) groups excluding carboxylic acids is 1. The number of halogens is 3. The van der Waals surface area contributed by atoms with Crippen LogP contribution in [0.25, 0.3) is 0 Å². The average molecular weight is 370 g/mol. The quantitative estimate of drug-likeness (QED) is 0.651. The van der Waals surface area contributed by atoms with Crippen LogP contribution in [0.4, 0.5) is 13.2 Å². The summed E-state index contributed by atoms with van der Waals surface area (Å²) in [6.07, 6.45) is -2.68. The van der Waals surface area contributed by atoms with E-state index in [2.05, 4.69) is 5.32 Å². The van der Waals surface area contributed by atoms with Gasteiger partial charge in [-0.25, -0.2) is 4.79 Å². The standard InChI is InChI=1S/C17H17F3N2O2S/c1-9-13(15(23)24-2)14(21-16(25)22(9)10-7-8-10)11-5-3-4-6-12(11)17(18,19)20/h3-6,10,14H,7-8H2,1-2H3,(H,21,25)/t14-/m1/s1. The normalized spacial score (nSPS) is 21.2. The van der Waals surface area contributed by atoms with E-state index in [0.29, 0.717) is 10.8 Å². The van der Waals surface area contributed by atoms with Crippen molar-refractivity contribution in [3.05, 3.63) is 46.7 Å². The number of allylic oxidation sites excluding steroid dienone is 1. The zero-order valence-corrected chi connectivity index (χ0v) is 14.5. The molecule has 0 saturated heterocycles. The number of methoxy groups -OCH3 is 1. The Morgan fingerprint density at radius 3 is 2.52 bits per heavy atom. The maximum Gasteiger partial charge on any atom is 0.416 e. The maximum absolute atomic E-state index is 13.4. The van der Waals surface area contributed by atoms with Crippen LogP contribution >= 0.6 is 12.2 Å². The van der Waals surface area contributed by atoms with Gasteiger partial charge in [-0.05, 0) is 43.6 Å².